The minimum absolute atomic E-state index is 0.0375. The standard InChI is InChI=1S/C31H32N2O5/c34-28(33(18-15-29(35)36)20-22-9-2-1-3-10-22)19-31(16-8-17-31)32-30(37)38-21-27-25-13-6-4-11-23(25)24-12-5-7-14-26(24)27/h1-7,9-14,27H,8,15-21H2,(H,32,37)(H,35,36). The van der Waals surface area contributed by atoms with Crippen molar-refractivity contribution in [3.8, 4) is 11.1 Å². The fourth-order valence-corrected chi connectivity index (χ4v) is 5.53. The number of hydrogen-bond acceptors (Lipinski definition) is 4. The number of fused-ring (bicyclic) bond motifs is 3. The number of aliphatic carboxylic acids is 1. The van der Waals surface area contributed by atoms with Crippen LogP contribution in [0.4, 0.5) is 4.79 Å². The first-order chi connectivity index (χ1) is 18.4. The minimum Gasteiger partial charge on any atom is -0.481 e. The van der Waals surface area contributed by atoms with Gasteiger partial charge in [0.2, 0.25) is 5.91 Å². The monoisotopic (exact) mass is 512 g/mol. The molecule has 2 aliphatic carbocycles. The van der Waals surface area contributed by atoms with E-state index in [1.807, 2.05) is 54.6 Å². The Labute approximate surface area is 222 Å². The van der Waals surface area contributed by atoms with Crippen LogP contribution in [0.3, 0.4) is 0 Å². The van der Waals surface area contributed by atoms with Gasteiger partial charge in [-0.1, -0.05) is 78.9 Å². The summed E-state index contributed by atoms with van der Waals surface area (Å²) in [4.78, 5) is 39.1. The number of nitrogens with one attached hydrogen (secondary N) is 1. The number of ether oxygens (including phenoxy) is 1. The quantitative estimate of drug-likeness (QED) is 0.382. The highest BCUT2D eigenvalue weighted by Crippen LogP contribution is 2.44. The lowest BCUT2D eigenvalue weighted by molar-refractivity contribution is -0.139. The third kappa shape index (κ3) is 5.57. The molecule has 1 fully saturated rings. The van der Waals surface area contributed by atoms with Crippen molar-refractivity contribution in [2.75, 3.05) is 13.2 Å². The van der Waals surface area contributed by atoms with Crippen molar-refractivity contribution in [1.82, 2.24) is 10.2 Å². The van der Waals surface area contributed by atoms with Crippen molar-refractivity contribution >= 4 is 18.0 Å². The largest absolute Gasteiger partial charge is 0.481 e. The summed E-state index contributed by atoms with van der Waals surface area (Å²) in [5.41, 5.74) is 4.88. The first-order valence-corrected chi connectivity index (χ1v) is 13.1. The second kappa shape index (κ2) is 11.1. The number of carboxylic acids is 1. The topological polar surface area (TPSA) is 95.9 Å². The number of carboxylic acid groups (broad SMARTS) is 1. The summed E-state index contributed by atoms with van der Waals surface area (Å²) in [5.74, 6) is -1.16. The predicted molar refractivity (Wildman–Crippen MR) is 144 cm³/mol. The van der Waals surface area contributed by atoms with Gasteiger partial charge < -0.3 is 20.1 Å². The SMILES string of the molecule is O=C(O)CCN(Cc1ccccc1)C(=O)CC1(NC(=O)OCC2c3ccccc3-c3ccccc32)CCC1. The molecule has 0 spiro atoms. The zero-order valence-corrected chi connectivity index (χ0v) is 21.3. The zero-order chi connectivity index (χ0) is 26.5. The molecule has 7 nitrogen and oxygen atoms in total. The van der Waals surface area contributed by atoms with Gasteiger partial charge in [-0.3, -0.25) is 9.59 Å². The molecular weight excluding hydrogens is 480 g/mol. The second-order valence-electron chi connectivity index (χ2n) is 10.2. The Morgan fingerprint density at radius 3 is 2.08 bits per heavy atom. The molecule has 0 heterocycles. The lowest BCUT2D eigenvalue weighted by Crippen LogP contribution is -2.56. The molecule has 5 rings (SSSR count). The van der Waals surface area contributed by atoms with Crippen LogP contribution in [0.25, 0.3) is 11.1 Å². The van der Waals surface area contributed by atoms with Gasteiger partial charge in [0.15, 0.2) is 0 Å². The van der Waals surface area contributed by atoms with Crippen molar-refractivity contribution in [3.63, 3.8) is 0 Å². The Kier molecular flexibility index (Phi) is 7.45. The van der Waals surface area contributed by atoms with Gasteiger partial charge in [-0.05, 0) is 47.1 Å². The van der Waals surface area contributed by atoms with E-state index >= 15 is 0 Å². The van der Waals surface area contributed by atoms with E-state index < -0.39 is 17.6 Å². The van der Waals surface area contributed by atoms with Crippen molar-refractivity contribution in [2.45, 2.75) is 50.1 Å². The van der Waals surface area contributed by atoms with E-state index in [0.717, 1.165) is 34.2 Å². The molecule has 0 saturated heterocycles. The Bertz CT molecular complexity index is 1270. The van der Waals surface area contributed by atoms with Gasteiger partial charge in [-0.2, -0.15) is 0 Å². The lowest BCUT2D eigenvalue weighted by Gasteiger charge is -2.42. The summed E-state index contributed by atoms with van der Waals surface area (Å²) >= 11 is 0. The number of amides is 2. The van der Waals surface area contributed by atoms with Gasteiger partial charge >= 0.3 is 12.1 Å². The summed E-state index contributed by atoms with van der Waals surface area (Å²) in [6.07, 6.45) is 1.72. The minimum atomic E-state index is -0.953. The van der Waals surface area contributed by atoms with Gasteiger partial charge in [0.05, 0.1) is 18.4 Å². The lowest BCUT2D eigenvalue weighted by atomic mass is 9.74. The number of carbonyl (C=O) groups excluding carboxylic acids is 2. The van der Waals surface area contributed by atoms with E-state index in [-0.39, 0.29) is 37.8 Å². The van der Waals surface area contributed by atoms with Crippen LogP contribution in [0.5, 0.6) is 0 Å². The van der Waals surface area contributed by atoms with Crippen LogP contribution in [0.15, 0.2) is 78.9 Å². The summed E-state index contributed by atoms with van der Waals surface area (Å²) < 4.78 is 5.74. The molecule has 0 radical (unpaired) electrons. The fourth-order valence-electron chi connectivity index (χ4n) is 5.53. The molecule has 1 saturated carbocycles. The highest BCUT2D eigenvalue weighted by molar-refractivity contribution is 5.81. The van der Waals surface area contributed by atoms with E-state index in [1.165, 1.54) is 0 Å². The highest BCUT2D eigenvalue weighted by Gasteiger charge is 2.42. The average molecular weight is 513 g/mol. The third-order valence-corrected chi connectivity index (χ3v) is 7.68. The highest BCUT2D eigenvalue weighted by atomic mass is 16.5. The molecule has 0 unspecified atom stereocenters. The van der Waals surface area contributed by atoms with Crippen LogP contribution in [0.2, 0.25) is 0 Å². The third-order valence-electron chi connectivity index (χ3n) is 7.68. The molecule has 3 aromatic carbocycles. The number of rotatable bonds is 10. The Hall–Kier alpha value is -4.13. The van der Waals surface area contributed by atoms with E-state index in [1.54, 1.807) is 4.90 Å². The van der Waals surface area contributed by atoms with Gasteiger partial charge in [-0.25, -0.2) is 4.79 Å². The zero-order valence-electron chi connectivity index (χ0n) is 21.3. The molecule has 2 aliphatic rings. The predicted octanol–water partition coefficient (Wildman–Crippen LogP) is 5.34. The Balaban J connectivity index is 1.22. The number of hydrogen-bond donors (Lipinski definition) is 2. The average Bonchev–Trinajstić information content (AvgIpc) is 3.22. The molecule has 0 aliphatic heterocycles. The van der Waals surface area contributed by atoms with Gasteiger partial charge in [0, 0.05) is 19.0 Å². The summed E-state index contributed by atoms with van der Waals surface area (Å²) in [5, 5.41) is 12.2. The molecule has 0 bridgehead atoms. The van der Waals surface area contributed by atoms with E-state index in [4.69, 9.17) is 4.74 Å². The maximum Gasteiger partial charge on any atom is 0.407 e. The van der Waals surface area contributed by atoms with Crippen LogP contribution in [-0.4, -0.2) is 46.7 Å². The maximum absolute atomic E-state index is 13.3. The maximum atomic E-state index is 13.3. The molecular formula is C31H32N2O5. The number of nitrogens with zero attached hydrogens (tertiary/aromatic N) is 1. The smallest absolute Gasteiger partial charge is 0.407 e. The van der Waals surface area contributed by atoms with E-state index in [9.17, 15) is 19.5 Å². The molecule has 3 aromatic rings. The normalized spacial score (nSPS) is 15.1. The molecule has 2 N–H and O–H groups in total. The van der Waals surface area contributed by atoms with Gasteiger partial charge in [0.25, 0.3) is 0 Å². The van der Waals surface area contributed by atoms with E-state index in [0.29, 0.717) is 19.4 Å². The van der Waals surface area contributed by atoms with Crippen LogP contribution in [-0.2, 0) is 20.9 Å². The summed E-state index contributed by atoms with van der Waals surface area (Å²) in [6.45, 7) is 0.653. The van der Waals surface area contributed by atoms with Crippen molar-refractivity contribution in [1.29, 1.82) is 0 Å². The van der Waals surface area contributed by atoms with Crippen molar-refractivity contribution in [2.24, 2.45) is 0 Å². The first kappa shape index (κ1) is 25.5. The van der Waals surface area contributed by atoms with Crippen LogP contribution in [0, 0.1) is 0 Å². The molecule has 2 amide bonds. The molecule has 0 aromatic heterocycles. The van der Waals surface area contributed by atoms with Crippen molar-refractivity contribution in [3.05, 3.63) is 95.6 Å². The number of carbonyl (C=O) groups is 3. The molecule has 196 valence electrons. The van der Waals surface area contributed by atoms with Gasteiger partial charge in [0.1, 0.15) is 6.61 Å². The molecule has 0 atom stereocenters. The second-order valence-corrected chi connectivity index (χ2v) is 10.2. The van der Waals surface area contributed by atoms with Gasteiger partial charge in [-0.15, -0.1) is 0 Å². The summed E-state index contributed by atoms with van der Waals surface area (Å²) in [7, 11) is 0. The molecule has 7 heteroatoms. The first-order valence-electron chi connectivity index (χ1n) is 13.1. The van der Waals surface area contributed by atoms with Crippen LogP contribution < -0.4 is 5.32 Å². The number of alkyl carbamates (subject to hydrolysis) is 1. The van der Waals surface area contributed by atoms with Crippen LogP contribution in [0.1, 0.15) is 54.7 Å². The Morgan fingerprint density at radius 2 is 1.50 bits per heavy atom. The van der Waals surface area contributed by atoms with E-state index in [2.05, 4.69) is 29.6 Å². The Morgan fingerprint density at radius 1 is 0.895 bits per heavy atom. The fraction of sp³-hybridized carbons (Fsp3) is 0.323. The van der Waals surface area contributed by atoms with Crippen LogP contribution >= 0.6 is 0 Å². The van der Waals surface area contributed by atoms with Crippen molar-refractivity contribution < 1.29 is 24.2 Å². The molecule has 38 heavy (non-hydrogen) atoms. The number of benzene rings is 3. The summed E-state index contributed by atoms with van der Waals surface area (Å²) in [6, 6.07) is 25.9.